The van der Waals surface area contributed by atoms with Gasteiger partial charge in [-0.15, -0.1) is 11.3 Å². The summed E-state index contributed by atoms with van der Waals surface area (Å²) in [5.41, 5.74) is 1.97. The number of halogens is 5. The Kier molecular flexibility index (Phi) is 6.92. The van der Waals surface area contributed by atoms with Crippen molar-refractivity contribution in [1.29, 1.82) is 0 Å². The predicted molar refractivity (Wildman–Crippen MR) is 122 cm³/mol. The Morgan fingerprint density at radius 3 is 2.54 bits per heavy atom. The average Bonchev–Trinajstić information content (AvgIpc) is 3.28. The van der Waals surface area contributed by atoms with Crippen molar-refractivity contribution in [2.75, 3.05) is 4.72 Å². The molecule has 0 aliphatic heterocycles. The van der Waals surface area contributed by atoms with Gasteiger partial charge in [0.15, 0.2) is 5.82 Å². The van der Waals surface area contributed by atoms with Crippen LogP contribution < -0.4 is 9.46 Å². The van der Waals surface area contributed by atoms with E-state index < -0.39 is 33.3 Å². The van der Waals surface area contributed by atoms with Crippen LogP contribution in [0.15, 0.2) is 64.6 Å². The molecule has 0 unspecified atom stereocenters. The van der Waals surface area contributed by atoms with E-state index in [1.807, 2.05) is 0 Å². The van der Waals surface area contributed by atoms with E-state index in [1.165, 1.54) is 47.5 Å². The van der Waals surface area contributed by atoms with Gasteiger partial charge in [0.25, 0.3) is 10.0 Å². The topological polar surface area (TPSA) is 94.1 Å². The van der Waals surface area contributed by atoms with E-state index in [1.54, 1.807) is 0 Å². The fraction of sp³-hybridized carbons (Fsp3) is 0.0952. The molecule has 2 aromatic carbocycles. The highest BCUT2D eigenvalue weighted by Gasteiger charge is 2.28. The molecule has 0 fully saturated rings. The van der Waals surface area contributed by atoms with Gasteiger partial charge in [0.2, 0.25) is 0 Å². The Bertz CT molecular complexity index is 1450. The van der Waals surface area contributed by atoms with Crippen molar-refractivity contribution in [2.24, 2.45) is 0 Å². The zero-order valence-corrected chi connectivity index (χ0v) is 19.6. The van der Waals surface area contributed by atoms with Crippen LogP contribution in [0.25, 0.3) is 11.1 Å². The summed E-state index contributed by atoms with van der Waals surface area (Å²) in [5, 5.41) is 8.54. The molecule has 2 aromatic heterocycles. The van der Waals surface area contributed by atoms with Crippen LogP contribution in [0.2, 0.25) is 5.02 Å². The lowest BCUT2D eigenvalue weighted by molar-refractivity contribution is -0.127. The molecule has 14 heteroatoms. The van der Waals surface area contributed by atoms with E-state index in [0.29, 0.717) is 5.56 Å². The van der Waals surface area contributed by atoms with Crippen LogP contribution >= 0.6 is 22.9 Å². The zero-order valence-electron chi connectivity index (χ0n) is 17.3. The molecule has 0 aliphatic carbocycles. The monoisotopic (exact) mass is 544 g/mol. The largest absolute Gasteiger partial charge is 0.455 e. The number of thiazole rings is 1. The molecular weight excluding hydrogens is 532 g/mol. The number of alkyl halides is 3. The third kappa shape index (κ3) is 6.05. The van der Waals surface area contributed by atoms with Gasteiger partial charge in [-0.25, -0.2) is 17.8 Å². The van der Waals surface area contributed by atoms with E-state index in [0.717, 1.165) is 23.5 Å². The van der Waals surface area contributed by atoms with Crippen molar-refractivity contribution < 1.29 is 30.7 Å². The van der Waals surface area contributed by atoms with Gasteiger partial charge in [-0.1, -0.05) is 17.7 Å². The molecule has 0 spiro atoms. The van der Waals surface area contributed by atoms with Crippen molar-refractivity contribution in [3.63, 3.8) is 0 Å². The molecule has 0 aliphatic rings. The maximum Gasteiger partial charge on any atom is 0.393 e. The predicted octanol–water partition coefficient (Wildman–Crippen LogP) is 6.09. The Hall–Kier alpha value is -3.29. The first-order valence-electron chi connectivity index (χ1n) is 9.56. The number of nitrogens with zero attached hydrogens (tertiary/aromatic N) is 3. The number of hydrogen-bond acceptors (Lipinski definition) is 7. The third-order valence-corrected chi connectivity index (χ3v) is 6.76. The second-order valence-corrected chi connectivity index (χ2v) is 9.82. The van der Waals surface area contributed by atoms with Crippen LogP contribution in [-0.4, -0.2) is 29.8 Å². The van der Waals surface area contributed by atoms with Gasteiger partial charge < -0.3 is 4.74 Å². The van der Waals surface area contributed by atoms with Crippen LogP contribution in [0.3, 0.4) is 0 Å². The van der Waals surface area contributed by atoms with Crippen molar-refractivity contribution >= 4 is 38.8 Å². The summed E-state index contributed by atoms with van der Waals surface area (Å²) in [5.74, 6) is -1.35. The van der Waals surface area contributed by atoms with Crippen molar-refractivity contribution in [2.45, 2.75) is 17.5 Å². The molecule has 4 aromatic rings. The molecule has 7 nitrogen and oxygen atoms in total. The van der Waals surface area contributed by atoms with Gasteiger partial charge in [-0.2, -0.15) is 23.4 Å². The first kappa shape index (κ1) is 24.8. The molecule has 182 valence electrons. The smallest absolute Gasteiger partial charge is 0.393 e. The molecule has 0 bridgehead atoms. The summed E-state index contributed by atoms with van der Waals surface area (Å²) in [6.07, 6.45) is -2.94. The highest BCUT2D eigenvalue weighted by molar-refractivity contribution is 7.92. The summed E-state index contributed by atoms with van der Waals surface area (Å²) in [6, 6.07) is 6.90. The van der Waals surface area contributed by atoms with Crippen LogP contribution in [0.4, 0.5) is 23.4 Å². The second kappa shape index (κ2) is 9.76. The lowest BCUT2D eigenvalue weighted by atomic mass is 10.0. The summed E-state index contributed by atoms with van der Waals surface area (Å²) in [7, 11) is -4.34. The lowest BCUT2D eigenvalue weighted by Gasteiger charge is -2.16. The molecule has 0 radical (unpaired) electrons. The maximum atomic E-state index is 14.8. The number of nitrogens with one attached hydrogen (secondary N) is 1. The Balaban J connectivity index is 1.70. The molecule has 4 rings (SSSR count). The van der Waals surface area contributed by atoms with Crippen LogP contribution in [0.1, 0.15) is 5.56 Å². The fourth-order valence-corrected chi connectivity index (χ4v) is 4.96. The highest BCUT2D eigenvalue weighted by Crippen LogP contribution is 2.39. The van der Waals surface area contributed by atoms with Gasteiger partial charge in [0.1, 0.15) is 22.2 Å². The first-order chi connectivity index (χ1) is 16.5. The Morgan fingerprint density at radius 2 is 1.89 bits per heavy atom. The number of anilines is 1. The minimum Gasteiger partial charge on any atom is -0.455 e. The quantitative estimate of drug-likeness (QED) is 0.283. The van der Waals surface area contributed by atoms with Gasteiger partial charge >= 0.3 is 6.18 Å². The number of sulfonamides is 1. The van der Waals surface area contributed by atoms with Gasteiger partial charge in [-0.05, 0) is 29.8 Å². The standard InChI is InChI=1S/C21H13ClF4N4O3S2/c22-15-6-19(35(31,32)30-20-10-34-11-27-20)16(23)7-18(15)33-17-2-1-12(8-21(24,25)26)5-14(17)13-3-4-28-29-9-13/h1-7,9-11,30H,8H2. The van der Waals surface area contributed by atoms with Gasteiger partial charge in [0.05, 0.1) is 29.3 Å². The number of benzene rings is 2. The van der Waals surface area contributed by atoms with Crippen molar-refractivity contribution in [3.8, 4) is 22.6 Å². The molecule has 35 heavy (non-hydrogen) atoms. The average molecular weight is 545 g/mol. The van der Waals surface area contributed by atoms with Crippen LogP contribution in [-0.2, 0) is 16.4 Å². The molecule has 0 saturated carbocycles. The minimum atomic E-state index is -4.43. The molecular formula is C21H13ClF4N4O3S2. The summed E-state index contributed by atoms with van der Waals surface area (Å²) >= 11 is 7.33. The summed E-state index contributed by atoms with van der Waals surface area (Å²) in [6.45, 7) is 0. The summed E-state index contributed by atoms with van der Waals surface area (Å²) < 4.78 is 86.4. The number of aromatic nitrogens is 3. The van der Waals surface area contributed by atoms with E-state index in [9.17, 15) is 26.0 Å². The zero-order chi connectivity index (χ0) is 25.2. The fourth-order valence-electron chi connectivity index (χ4n) is 3.05. The SMILES string of the molecule is O=S(=O)(Nc1cscn1)c1cc(Cl)c(Oc2ccc(CC(F)(F)F)cc2-c2ccnnc2)cc1F. The van der Waals surface area contributed by atoms with Crippen molar-refractivity contribution in [3.05, 3.63) is 76.1 Å². The van der Waals surface area contributed by atoms with Crippen LogP contribution in [0, 0.1) is 5.82 Å². The third-order valence-electron chi connectivity index (χ3n) is 4.51. The van der Waals surface area contributed by atoms with E-state index in [4.69, 9.17) is 16.3 Å². The van der Waals surface area contributed by atoms with E-state index in [2.05, 4.69) is 19.9 Å². The first-order valence-corrected chi connectivity index (χ1v) is 12.4. The normalized spacial score (nSPS) is 11.9. The number of rotatable bonds is 7. The molecule has 0 atom stereocenters. The minimum absolute atomic E-state index is 0.0143. The highest BCUT2D eigenvalue weighted by atomic mass is 35.5. The van der Waals surface area contributed by atoms with Gasteiger partial charge in [-0.3, -0.25) is 4.72 Å². The van der Waals surface area contributed by atoms with Gasteiger partial charge in [0, 0.05) is 22.6 Å². The molecule has 0 amide bonds. The number of ether oxygens (including phenoxy) is 1. The second-order valence-electron chi connectivity index (χ2n) is 7.05. The summed E-state index contributed by atoms with van der Waals surface area (Å²) in [4.78, 5) is 3.05. The molecule has 1 N–H and O–H groups in total. The van der Waals surface area contributed by atoms with E-state index in [-0.39, 0.29) is 33.5 Å². The molecule has 2 heterocycles. The Labute approximate surface area is 205 Å². The van der Waals surface area contributed by atoms with Crippen LogP contribution in [0.5, 0.6) is 11.5 Å². The Morgan fingerprint density at radius 1 is 1.09 bits per heavy atom. The lowest BCUT2D eigenvalue weighted by Crippen LogP contribution is -2.15. The number of hydrogen-bond donors (Lipinski definition) is 1. The maximum absolute atomic E-state index is 14.8. The molecule has 0 saturated heterocycles. The van der Waals surface area contributed by atoms with E-state index >= 15 is 0 Å². The van der Waals surface area contributed by atoms with Crippen molar-refractivity contribution in [1.82, 2.24) is 15.2 Å².